The molecule has 15 heavy (non-hydrogen) atoms. The minimum Gasteiger partial charge on any atom is -0.275 e. The Kier molecular flexibility index (Phi) is 1.58. The Morgan fingerprint density at radius 1 is 1.40 bits per heavy atom. The molecule has 0 saturated carbocycles. The summed E-state index contributed by atoms with van der Waals surface area (Å²) in [7, 11) is 1.91. The van der Waals surface area contributed by atoms with Crippen molar-refractivity contribution in [2.75, 3.05) is 0 Å². The zero-order chi connectivity index (χ0) is 10.4. The second kappa shape index (κ2) is 2.81. The van der Waals surface area contributed by atoms with Crippen LogP contribution in [-0.4, -0.2) is 9.78 Å². The monoisotopic (exact) mass is 213 g/mol. The van der Waals surface area contributed by atoms with Gasteiger partial charge in [-0.05, 0) is 12.1 Å². The smallest absolute Gasteiger partial charge is 0.101 e. The third-order valence-corrected chi connectivity index (χ3v) is 3.49. The largest absolute Gasteiger partial charge is 0.275 e. The van der Waals surface area contributed by atoms with Gasteiger partial charge in [0.1, 0.15) is 6.07 Å². The van der Waals surface area contributed by atoms with Crippen LogP contribution in [0.4, 0.5) is 0 Å². The van der Waals surface area contributed by atoms with Gasteiger partial charge in [0.25, 0.3) is 0 Å². The molecule has 0 N–H and O–H groups in total. The molecule has 1 aromatic carbocycles. The van der Waals surface area contributed by atoms with E-state index in [2.05, 4.69) is 11.2 Å². The number of aryl methyl sites for hydroxylation is 1. The molecule has 0 unspecified atom stereocenters. The highest BCUT2D eigenvalue weighted by molar-refractivity contribution is 7.18. The molecule has 0 aliphatic heterocycles. The molecule has 0 radical (unpaired) electrons. The number of aromatic nitrogens is 2. The first-order chi connectivity index (χ1) is 7.29. The zero-order valence-corrected chi connectivity index (χ0v) is 8.88. The van der Waals surface area contributed by atoms with E-state index in [4.69, 9.17) is 5.26 Å². The summed E-state index contributed by atoms with van der Waals surface area (Å²) < 4.78 is 2.95. The van der Waals surface area contributed by atoms with Crippen LogP contribution in [0.25, 0.3) is 21.0 Å². The number of fused-ring (bicyclic) bond motifs is 3. The Balaban J connectivity index is 2.56. The molecule has 0 atom stereocenters. The van der Waals surface area contributed by atoms with Crippen molar-refractivity contribution in [3.05, 3.63) is 29.3 Å². The Labute approximate surface area is 90.2 Å². The summed E-state index contributed by atoms with van der Waals surface area (Å²) in [4.78, 5) is 0. The minimum atomic E-state index is 0.751. The Hall–Kier alpha value is -1.86. The fourth-order valence-electron chi connectivity index (χ4n) is 1.79. The van der Waals surface area contributed by atoms with E-state index < -0.39 is 0 Å². The van der Waals surface area contributed by atoms with Crippen molar-refractivity contribution >= 4 is 32.3 Å². The summed E-state index contributed by atoms with van der Waals surface area (Å²) in [6.07, 6.45) is 2.00. The van der Waals surface area contributed by atoms with E-state index in [1.807, 2.05) is 30.8 Å². The molecule has 4 heteroatoms. The molecular weight excluding hydrogens is 206 g/mol. The molecule has 3 nitrogen and oxygen atoms in total. The molecule has 3 rings (SSSR count). The van der Waals surface area contributed by atoms with Crippen LogP contribution in [0.1, 0.15) is 5.56 Å². The number of nitriles is 1. The predicted octanol–water partition coefficient (Wildman–Crippen LogP) is 2.66. The first-order valence-corrected chi connectivity index (χ1v) is 5.41. The maximum atomic E-state index is 8.94. The predicted molar refractivity (Wildman–Crippen MR) is 60.8 cm³/mol. The highest BCUT2D eigenvalue weighted by Gasteiger charge is 2.08. The number of thiophene rings is 1. The topological polar surface area (TPSA) is 41.6 Å². The standard InChI is InChI=1S/C11H7N3S/c1-14-5-9-10(13-14)3-2-8-7(4-12)6-15-11(8)9/h2-3,5-6H,1H3. The lowest BCUT2D eigenvalue weighted by atomic mass is 10.1. The van der Waals surface area contributed by atoms with Crippen LogP contribution in [0, 0.1) is 11.3 Å². The van der Waals surface area contributed by atoms with Gasteiger partial charge in [-0.3, -0.25) is 4.68 Å². The molecule has 0 amide bonds. The first kappa shape index (κ1) is 8.45. The molecular formula is C11H7N3S. The van der Waals surface area contributed by atoms with Crippen LogP contribution < -0.4 is 0 Å². The van der Waals surface area contributed by atoms with Crippen LogP contribution in [0.15, 0.2) is 23.7 Å². The van der Waals surface area contributed by atoms with Crippen molar-refractivity contribution in [1.29, 1.82) is 5.26 Å². The summed E-state index contributed by atoms with van der Waals surface area (Å²) in [6, 6.07) is 6.14. The van der Waals surface area contributed by atoms with Gasteiger partial charge in [-0.1, -0.05) is 0 Å². The maximum absolute atomic E-state index is 8.94. The summed E-state index contributed by atoms with van der Waals surface area (Å²) in [5.41, 5.74) is 1.73. The molecule has 0 spiro atoms. The minimum absolute atomic E-state index is 0.751. The average Bonchev–Trinajstić information content (AvgIpc) is 2.78. The lowest BCUT2D eigenvalue weighted by Gasteiger charge is -1.90. The van der Waals surface area contributed by atoms with Gasteiger partial charge in [-0.15, -0.1) is 11.3 Å². The van der Waals surface area contributed by atoms with E-state index in [-0.39, 0.29) is 0 Å². The SMILES string of the molecule is Cn1cc2c(ccc3c(C#N)csc32)n1. The summed E-state index contributed by atoms with van der Waals surface area (Å²) >= 11 is 1.61. The summed E-state index contributed by atoms with van der Waals surface area (Å²) in [5, 5.41) is 17.3. The summed E-state index contributed by atoms with van der Waals surface area (Å²) in [5.74, 6) is 0. The Morgan fingerprint density at radius 2 is 2.27 bits per heavy atom. The van der Waals surface area contributed by atoms with E-state index >= 15 is 0 Å². The molecule has 2 aromatic heterocycles. The summed E-state index contributed by atoms with van der Waals surface area (Å²) in [6.45, 7) is 0. The highest BCUT2D eigenvalue weighted by atomic mass is 32.1. The molecule has 0 aliphatic rings. The molecule has 3 aromatic rings. The molecule has 72 valence electrons. The number of benzene rings is 1. The third kappa shape index (κ3) is 1.07. The van der Waals surface area contributed by atoms with Gasteiger partial charge in [0.2, 0.25) is 0 Å². The van der Waals surface area contributed by atoms with Crippen LogP contribution in [0.3, 0.4) is 0 Å². The van der Waals surface area contributed by atoms with E-state index in [9.17, 15) is 0 Å². The lowest BCUT2D eigenvalue weighted by molar-refractivity contribution is 0.780. The van der Waals surface area contributed by atoms with Crippen LogP contribution in [0.5, 0.6) is 0 Å². The van der Waals surface area contributed by atoms with Gasteiger partial charge in [-0.25, -0.2) is 0 Å². The molecule has 0 aliphatic carbocycles. The number of hydrogen-bond acceptors (Lipinski definition) is 3. The zero-order valence-electron chi connectivity index (χ0n) is 8.06. The Morgan fingerprint density at radius 3 is 3.07 bits per heavy atom. The fourth-order valence-corrected chi connectivity index (χ4v) is 2.80. The van der Waals surface area contributed by atoms with Gasteiger partial charge >= 0.3 is 0 Å². The third-order valence-electron chi connectivity index (χ3n) is 2.46. The van der Waals surface area contributed by atoms with Gasteiger partial charge in [0.15, 0.2) is 0 Å². The first-order valence-electron chi connectivity index (χ1n) is 4.53. The molecule has 0 saturated heterocycles. The number of hydrogen-bond donors (Lipinski definition) is 0. The molecule has 2 heterocycles. The van der Waals surface area contributed by atoms with Gasteiger partial charge < -0.3 is 0 Å². The molecule has 0 bridgehead atoms. The van der Waals surface area contributed by atoms with Crippen molar-refractivity contribution in [3.63, 3.8) is 0 Å². The highest BCUT2D eigenvalue weighted by Crippen LogP contribution is 2.31. The van der Waals surface area contributed by atoms with E-state index in [1.165, 1.54) is 0 Å². The second-order valence-corrected chi connectivity index (χ2v) is 4.32. The van der Waals surface area contributed by atoms with Crippen molar-refractivity contribution in [2.45, 2.75) is 0 Å². The normalized spacial score (nSPS) is 10.9. The lowest BCUT2D eigenvalue weighted by Crippen LogP contribution is -1.84. The van der Waals surface area contributed by atoms with Gasteiger partial charge in [0.05, 0.1) is 11.1 Å². The van der Waals surface area contributed by atoms with Crippen LogP contribution in [-0.2, 0) is 7.05 Å². The fraction of sp³-hybridized carbons (Fsp3) is 0.0909. The van der Waals surface area contributed by atoms with Crippen molar-refractivity contribution in [3.8, 4) is 6.07 Å². The number of nitrogens with zero attached hydrogens (tertiary/aromatic N) is 3. The average molecular weight is 213 g/mol. The second-order valence-electron chi connectivity index (χ2n) is 3.44. The van der Waals surface area contributed by atoms with E-state index in [0.29, 0.717) is 0 Å². The van der Waals surface area contributed by atoms with Crippen molar-refractivity contribution < 1.29 is 0 Å². The van der Waals surface area contributed by atoms with Gasteiger partial charge in [0, 0.05) is 34.1 Å². The number of rotatable bonds is 0. The Bertz CT molecular complexity index is 700. The van der Waals surface area contributed by atoms with Crippen LogP contribution >= 0.6 is 11.3 Å². The maximum Gasteiger partial charge on any atom is 0.101 e. The van der Waals surface area contributed by atoms with E-state index in [0.717, 1.165) is 26.6 Å². The van der Waals surface area contributed by atoms with Crippen LogP contribution in [0.2, 0.25) is 0 Å². The van der Waals surface area contributed by atoms with E-state index in [1.54, 1.807) is 16.0 Å². The quantitative estimate of drug-likeness (QED) is 0.576. The van der Waals surface area contributed by atoms with Gasteiger partial charge in [-0.2, -0.15) is 10.4 Å². The van der Waals surface area contributed by atoms with Crippen molar-refractivity contribution in [2.24, 2.45) is 7.05 Å². The molecule has 0 fully saturated rings. The van der Waals surface area contributed by atoms with Crippen molar-refractivity contribution in [1.82, 2.24) is 9.78 Å².